The van der Waals surface area contributed by atoms with Crippen molar-refractivity contribution >= 4 is 34.7 Å². The predicted octanol–water partition coefficient (Wildman–Crippen LogP) is 4.99. The number of thiol groups is 1. The average molecular weight is 386 g/mol. The maximum absolute atomic E-state index is 11.5. The van der Waals surface area contributed by atoms with Crippen molar-refractivity contribution in [2.75, 3.05) is 0 Å². The van der Waals surface area contributed by atoms with Crippen LogP contribution in [0.1, 0.15) is 51.6 Å². The zero-order valence-corrected chi connectivity index (χ0v) is 15.8. The minimum Gasteiger partial charge on any atom is -0.457 e. The van der Waals surface area contributed by atoms with E-state index < -0.39 is 5.60 Å². The van der Waals surface area contributed by atoms with E-state index in [2.05, 4.69) is 45.6 Å². The fourth-order valence-electron chi connectivity index (χ4n) is 1.96. The molecule has 0 saturated carbocycles. The van der Waals surface area contributed by atoms with Gasteiger partial charge in [-0.25, -0.2) is 4.79 Å². The van der Waals surface area contributed by atoms with Crippen molar-refractivity contribution in [1.82, 2.24) is 4.72 Å². The molecule has 1 aromatic rings. The molecule has 122 valence electrons. The van der Waals surface area contributed by atoms with Crippen molar-refractivity contribution in [2.45, 2.75) is 51.7 Å². The average Bonchev–Trinajstić information content (AvgIpc) is 2.42. The maximum atomic E-state index is 11.5. The van der Waals surface area contributed by atoms with Crippen molar-refractivity contribution in [1.29, 1.82) is 0 Å². The lowest BCUT2D eigenvalue weighted by Crippen LogP contribution is -2.22. The number of rotatable bonds is 7. The maximum Gasteiger partial charge on any atom is 0.330 e. The lowest BCUT2D eigenvalue weighted by Gasteiger charge is -2.18. The predicted molar refractivity (Wildman–Crippen MR) is 97.8 cm³/mol. The van der Waals surface area contributed by atoms with Gasteiger partial charge in [0.1, 0.15) is 5.60 Å². The van der Waals surface area contributed by atoms with Gasteiger partial charge in [-0.05, 0) is 57.7 Å². The summed E-state index contributed by atoms with van der Waals surface area (Å²) < 4.78 is 9.31. The monoisotopic (exact) mass is 385 g/mol. The van der Waals surface area contributed by atoms with Gasteiger partial charge in [0.05, 0.1) is 0 Å². The molecule has 0 spiro atoms. The summed E-state index contributed by atoms with van der Waals surface area (Å²) in [5.41, 5.74) is 0.763. The van der Waals surface area contributed by atoms with Gasteiger partial charge in [-0.3, -0.25) is 4.72 Å². The van der Waals surface area contributed by atoms with Crippen LogP contribution in [0.3, 0.4) is 0 Å². The normalized spacial score (nSPS) is 13.3. The summed E-state index contributed by atoms with van der Waals surface area (Å²) in [6, 6.07) is 8.40. The molecule has 0 aliphatic rings. The Labute approximate surface area is 147 Å². The van der Waals surface area contributed by atoms with Gasteiger partial charge in [0.15, 0.2) is 0 Å². The zero-order valence-electron chi connectivity index (χ0n) is 13.3. The van der Waals surface area contributed by atoms with Crippen LogP contribution in [0.2, 0.25) is 0 Å². The van der Waals surface area contributed by atoms with Gasteiger partial charge in [-0.1, -0.05) is 47.0 Å². The smallest absolute Gasteiger partial charge is 0.330 e. The van der Waals surface area contributed by atoms with Crippen LogP contribution in [0.4, 0.5) is 0 Å². The summed E-state index contributed by atoms with van der Waals surface area (Å²) in [6.45, 7) is 5.58. The van der Waals surface area contributed by atoms with Gasteiger partial charge in [0.25, 0.3) is 0 Å². The van der Waals surface area contributed by atoms with E-state index in [4.69, 9.17) is 4.74 Å². The van der Waals surface area contributed by atoms with Crippen LogP contribution >= 0.6 is 28.7 Å². The van der Waals surface area contributed by atoms with E-state index in [0.717, 1.165) is 23.7 Å². The fourth-order valence-corrected chi connectivity index (χ4v) is 2.50. The molecule has 3 nitrogen and oxygen atoms in total. The second kappa shape index (κ2) is 9.38. The standard InChI is InChI=1S/C17H24BrNO2S/c1-17(2,3)21-16(20)8-6-4-5-7-15(19-22)13-9-11-14(18)12-10-13/h6,8-12,15,19,22H,4-5,7H2,1-3H3/b8-6+. The van der Waals surface area contributed by atoms with Gasteiger partial charge >= 0.3 is 5.97 Å². The van der Waals surface area contributed by atoms with E-state index in [1.807, 2.05) is 39.0 Å². The molecule has 0 aliphatic carbocycles. The Balaban J connectivity index is 2.36. The van der Waals surface area contributed by atoms with E-state index in [0.29, 0.717) is 0 Å². The third-order valence-electron chi connectivity index (χ3n) is 2.95. The quantitative estimate of drug-likeness (QED) is 0.300. The van der Waals surface area contributed by atoms with Crippen LogP contribution in [0.15, 0.2) is 40.9 Å². The molecule has 0 heterocycles. The van der Waals surface area contributed by atoms with E-state index in [9.17, 15) is 4.79 Å². The van der Waals surface area contributed by atoms with Crippen LogP contribution in [-0.2, 0) is 9.53 Å². The first kappa shape index (κ1) is 19.3. The minimum atomic E-state index is -0.440. The molecule has 1 rings (SSSR count). The van der Waals surface area contributed by atoms with E-state index in [1.165, 1.54) is 11.6 Å². The first-order valence-corrected chi connectivity index (χ1v) is 8.60. The van der Waals surface area contributed by atoms with Crippen molar-refractivity contribution < 1.29 is 9.53 Å². The number of carbonyl (C=O) groups is 1. The molecular weight excluding hydrogens is 362 g/mol. The molecule has 1 unspecified atom stereocenters. The second-order valence-corrected chi connectivity index (χ2v) is 7.27. The molecule has 0 aromatic heterocycles. The summed E-state index contributed by atoms with van der Waals surface area (Å²) in [5, 5.41) is 0. The van der Waals surface area contributed by atoms with Gasteiger partial charge < -0.3 is 4.74 Å². The highest BCUT2D eigenvalue weighted by Crippen LogP contribution is 2.22. The minimum absolute atomic E-state index is 0.200. The van der Waals surface area contributed by atoms with Crippen LogP contribution in [0, 0.1) is 0 Å². The molecule has 1 N–H and O–H groups in total. The number of nitrogens with one attached hydrogen (secondary N) is 1. The largest absolute Gasteiger partial charge is 0.457 e. The SMILES string of the molecule is CC(C)(C)OC(=O)/C=C/CCCC(NS)c1ccc(Br)cc1. The number of hydrogen-bond donors (Lipinski definition) is 2. The Kier molecular flexibility index (Phi) is 8.21. The highest BCUT2D eigenvalue weighted by atomic mass is 79.9. The molecule has 0 fully saturated rings. The van der Waals surface area contributed by atoms with E-state index in [1.54, 1.807) is 0 Å². The molecule has 1 atom stereocenters. The molecule has 0 saturated heterocycles. The van der Waals surface area contributed by atoms with Crippen LogP contribution in [0.25, 0.3) is 0 Å². The summed E-state index contributed by atoms with van der Waals surface area (Å²) in [6.07, 6.45) is 6.12. The van der Waals surface area contributed by atoms with Gasteiger partial charge in [-0.2, -0.15) is 0 Å². The van der Waals surface area contributed by atoms with E-state index >= 15 is 0 Å². The number of hydrogen-bond acceptors (Lipinski definition) is 4. The highest BCUT2D eigenvalue weighted by molar-refractivity contribution is 9.10. The van der Waals surface area contributed by atoms with Gasteiger partial charge in [0, 0.05) is 16.6 Å². The van der Waals surface area contributed by atoms with Crippen molar-refractivity contribution in [3.05, 3.63) is 46.5 Å². The number of esters is 1. The molecule has 22 heavy (non-hydrogen) atoms. The van der Waals surface area contributed by atoms with Crippen molar-refractivity contribution in [3.63, 3.8) is 0 Å². The first-order chi connectivity index (χ1) is 10.3. The Hall–Kier alpha value is -0.780. The Morgan fingerprint density at radius 3 is 2.55 bits per heavy atom. The van der Waals surface area contributed by atoms with Crippen LogP contribution in [0.5, 0.6) is 0 Å². The molecule has 0 bridgehead atoms. The van der Waals surface area contributed by atoms with Gasteiger partial charge in [0.2, 0.25) is 0 Å². The van der Waals surface area contributed by atoms with Crippen LogP contribution < -0.4 is 4.72 Å². The molecule has 5 heteroatoms. The number of benzene rings is 1. The highest BCUT2D eigenvalue weighted by Gasteiger charge is 2.13. The fraction of sp³-hybridized carbons (Fsp3) is 0.471. The molecule has 1 aromatic carbocycles. The third-order valence-corrected chi connectivity index (χ3v) is 3.79. The number of unbranched alkanes of at least 4 members (excludes halogenated alkanes) is 1. The topological polar surface area (TPSA) is 38.3 Å². The van der Waals surface area contributed by atoms with Gasteiger partial charge in [-0.15, -0.1) is 0 Å². The summed E-state index contributed by atoms with van der Waals surface area (Å²) in [5.74, 6) is -0.288. The summed E-state index contributed by atoms with van der Waals surface area (Å²) in [7, 11) is 0. The van der Waals surface area contributed by atoms with E-state index in [-0.39, 0.29) is 12.0 Å². The number of ether oxygens (including phenoxy) is 1. The molecule has 0 aliphatic heterocycles. The Bertz CT molecular complexity index is 494. The number of allylic oxidation sites excluding steroid dienone is 1. The summed E-state index contributed by atoms with van der Waals surface area (Å²) >= 11 is 7.63. The molecule has 0 amide bonds. The summed E-state index contributed by atoms with van der Waals surface area (Å²) in [4.78, 5) is 11.5. The lowest BCUT2D eigenvalue weighted by molar-refractivity contribution is -0.148. The van der Waals surface area contributed by atoms with Crippen molar-refractivity contribution in [3.8, 4) is 0 Å². The lowest BCUT2D eigenvalue weighted by atomic mass is 10.0. The molecule has 0 radical (unpaired) electrons. The second-order valence-electron chi connectivity index (χ2n) is 6.10. The van der Waals surface area contributed by atoms with Crippen molar-refractivity contribution in [2.24, 2.45) is 0 Å². The van der Waals surface area contributed by atoms with Crippen LogP contribution in [-0.4, -0.2) is 11.6 Å². The zero-order chi connectivity index (χ0) is 16.6. The molecular formula is C17H24BrNO2S. The Morgan fingerprint density at radius 2 is 2.00 bits per heavy atom. The Morgan fingerprint density at radius 1 is 1.36 bits per heavy atom. The first-order valence-electron chi connectivity index (χ1n) is 7.36. The third kappa shape index (κ3) is 8.01. The number of carbonyl (C=O) groups excluding carboxylic acids is 1. The number of halogens is 1.